The summed E-state index contributed by atoms with van der Waals surface area (Å²) in [5.41, 5.74) is 3.01. The summed E-state index contributed by atoms with van der Waals surface area (Å²) in [5.74, 6) is -0.273. The quantitative estimate of drug-likeness (QED) is 0.304. The molecule has 1 saturated heterocycles. The normalized spacial score (nSPS) is 17.2. The van der Waals surface area contributed by atoms with Crippen molar-refractivity contribution in [3.05, 3.63) is 60.1 Å². The summed E-state index contributed by atoms with van der Waals surface area (Å²) in [4.78, 5) is 48.7. The van der Waals surface area contributed by atoms with Crippen LogP contribution in [0.2, 0.25) is 0 Å². The third-order valence-electron chi connectivity index (χ3n) is 6.93. The minimum Gasteiger partial charge on any atom is -0.328 e. The van der Waals surface area contributed by atoms with E-state index in [1.807, 2.05) is 25.3 Å². The third-order valence-corrected chi connectivity index (χ3v) is 6.93. The first-order valence-corrected chi connectivity index (χ1v) is 13.0. The predicted octanol–water partition coefficient (Wildman–Crippen LogP) is 3.36. The van der Waals surface area contributed by atoms with Crippen LogP contribution in [0.4, 0.5) is 4.39 Å². The molecular weight excluding hydrogens is 501 g/mol. The lowest BCUT2D eigenvalue weighted by Gasteiger charge is -2.23. The summed E-state index contributed by atoms with van der Waals surface area (Å²) in [7, 11) is 0. The smallest absolute Gasteiger partial charge is 0.245 e. The van der Waals surface area contributed by atoms with Gasteiger partial charge in [0.1, 0.15) is 24.2 Å². The average molecular weight is 532 g/mol. The molecule has 1 aliphatic rings. The number of carbonyl (C=O) groups is 3. The summed E-state index contributed by atoms with van der Waals surface area (Å²) in [6.07, 6.45) is 4.84. The van der Waals surface area contributed by atoms with Crippen molar-refractivity contribution in [1.82, 2.24) is 34.4 Å². The number of nitrogens with zero attached hydrogens (tertiary/aromatic N) is 7. The molecule has 202 valence electrons. The second-order valence-electron chi connectivity index (χ2n) is 9.92. The summed E-state index contributed by atoms with van der Waals surface area (Å²) >= 11 is 0. The zero-order valence-corrected chi connectivity index (χ0v) is 22.2. The molecule has 4 aromatic rings. The van der Waals surface area contributed by atoms with Gasteiger partial charge < -0.3 is 4.90 Å². The summed E-state index contributed by atoms with van der Waals surface area (Å²) < 4.78 is 17.7. The zero-order valence-electron chi connectivity index (χ0n) is 22.2. The van der Waals surface area contributed by atoms with Crippen molar-refractivity contribution in [2.24, 2.45) is 0 Å². The van der Waals surface area contributed by atoms with E-state index in [-0.39, 0.29) is 43.2 Å². The SMILES string of the molecule is CCCn1ccc(CC(=O)[C@@H]2C[C@@H](F)CN2C(=O)Cn2nc(C(C)=O)c3cc(-c4cnc(C)nc4)ccc32)n1. The number of alkyl halides is 1. The summed E-state index contributed by atoms with van der Waals surface area (Å²) in [6.45, 7) is 5.62. The number of amides is 1. The maximum absolute atomic E-state index is 14.5. The number of fused-ring (bicyclic) bond motifs is 1. The highest BCUT2D eigenvalue weighted by atomic mass is 19.1. The molecule has 0 bridgehead atoms. The molecule has 5 rings (SSSR count). The summed E-state index contributed by atoms with van der Waals surface area (Å²) in [6, 6.07) is 6.36. The number of hydrogen-bond acceptors (Lipinski definition) is 7. The molecule has 39 heavy (non-hydrogen) atoms. The molecule has 1 amide bonds. The van der Waals surface area contributed by atoms with Crippen LogP contribution in [-0.2, 0) is 29.1 Å². The molecule has 2 atom stereocenters. The number of benzene rings is 1. The number of aryl methyl sites for hydroxylation is 2. The Morgan fingerprint density at radius 2 is 1.85 bits per heavy atom. The van der Waals surface area contributed by atoms with Crippen molar-refractivity contribution in [3.63, 3.8) is 0 Å². The molecule has 0 saturated carbocycles. The van der Waals surface area contributed by atoms with Gasteiger partial charge >= 0.3 is 0 Å². The van der Waals surface area contributed by atoms with Crippen LogP contribution in [0.25, 0.3) is 22.0 Å². The maximum atomic E-state index is 14.5. The van der Waals surface area contributed by atoms with Crippen LogP contribution in [0, 0.1) is 6.92 Å². The molecule has 1 fully saturated rings. The van der Waals surface area contributed by atoms with E-state index >= 15 is 0 Å². The number of likely N-dealkylation sites (tertiary alicyclic amines) is 1. The lowest BCUT2D eigenvalue weighted by atomic mass is 10.0. The van der Waals surface area contributed by atoms with Crippen LogP contribution in [0.15, 0.2) is 42.9 Å². The van der Waals surface area contributed by atoms with Crippen LogP contribution >= 0.6 is 0 Å². The number of rotatable bonds is 9. The van der Waals surface area contributed by atoms with E-state index in [1.54, 1.807) is 36.1 Å². The Balaban J connectivity index is 1.38. The maximum Gasteiger partial charge on any atom is 0.245 e. The molecule has 0 N–H and O–H groups in total. The first-order valence-electron chi connectivity index (χ1n) is 13.0. The van der Waals surface area contributed by atoms with Gasteiger partial charge in [-0.25, -0.2) is 14.4 Å². The van der Waals surface area contributed by atoms with Crippen molar-refractivity contribution in [1.29, 1.82) is 0 Å². The van der Waals surface area contributed by atoms with Crippen molar-refractivity contribution >= 4 is 28.4 Å². The zero-order chi connectivity index (χ0) is 27.7. The van der Waals surface area contributed by atoms with E-state index < -0.39 is 18.1 Å². The van der Waals surface area contributed by atoms with Gasteiger partial charge in [0.05, 0.1) is 30.2 Å². The van der Waals surface area contributed by atoms with E-state index in [1.165, 1.54) is 16.5 Å². The summed E-state index contributed by atoms with van der Waals surface area (Å²) in [5, 5.41) is 9.41. The van der Waals surface area contributed by atoms with Gasteiger partial charge in [-0.2, -0.15) is 10.2 Å². The largest absolute Gasteiger partial charge is 0.328 e. The Labute approximate surface area is 224 Å². The molecule has 1 aliphatic heterocycles. The molecule has 10 nitrogen and oxygen atoms in total. The van der Waals surface area contributed by atoms with Crippen LogP contribution in [-0.4, -0.2) is 70.7 Å². The molecule has 0 aliphatic carbocycles. The Kier molecular flexibility index (Phi) is 7.32. The monoisotopic (exact) mass is 531 g/mol. The molecule has 11 heteroatoms. The van der Waals surface area contributed by atoms with Crippen molar-refractivity contribution in [2.45, 2.75) is 65.3 Å². The predicted molar refractivity (Wildman–Crippen MR) is 142 cm³/mol. The van der Waals surface area contributed by atoms with Gasteiger partial charge in [-0.1, -0.05) is 13.0 Å². The van der Waals surface area contributed by atoms with Gasteiger partial charge in [-0.05, 0) is 37.1 Å². The van der Waals surface area contributed by atoms with E-state index in [9.17, 15) is 18.8 Å². The lowest BCUT2D eigenvalue weighted by Crippen LogP contribution is -2.43. The van der Waals surface area contributed by atoms with Crippen molar-refractivity contribution in [3.8, 4) is 11.1 Å². The standard InChI is InChI=1S/C28H30FN7O3/c1-4-8-34-9-7-22(32-34)12-26(38)25-11-21(29)15-35(25)27(39)16-36-24-6-5-19(20-13-30-18(3)31-14-20)10-23(24)28(33-36)17(2)37/h5-7,9-10,13-14,21,25H,4,8,11-12,15-16H2,1-3H3/t21-,25+/m1/s1. The van der Waals surface area contributed by atoms with Gasteiger partial charge in [-0.3, -0.25) is 23.7 Å². The van der Waals surface area contributed by atoms with Crippen molar-refractivity contribution < 1.29 is 18.8 Å². The molecule has 4 heterocycles. The molecule has 0 spiro atoms. The molecule has 0 radical (unpaired) electrons. The number of ketones is 2. The Hall–Kier alpha value is -4.28. The highest BCUT2D eigenvalue weighted by molar-refractivity contribution is 6.06. The van der Waals surface area contributed by atoms with Crippen molar-refractivity contribution in [2.75, 3.05) is 6.54 Å². The number of halogens is 1. The van der Waals surface area contributed by atoms with E-state index in [0.717, 1.165) is 24.1 Å². The molecule has 1 aromatic carbocycles. The second-order valence-corrected chi connectivity index (χ2v) is 9.92. The highest BCUT2D eigenvalue weighted by Gasteiger charge is 2.39. The second kappa shape index (κ2) is 10.8. The van der Waals surface area contributed by atoms with Crippen LogP contribution in [0.1, 0.15) is 48.7 Å². The number of Topliss-reactive ketones (excluding diaryl/α,β-unsaturated/α-hetero) is 2. The Morgan fingerprint density at radius 1 is 1.08 bits per heavy atom. The highest BCUT2D eigenvalue weighted by Crippen LogP contribution is 2.28. The number of aromatic nitrogens is 6. The van der Waals surface area contributed by atoms with E-state index in [0.29, 0.717) is 22.4 Å². The lowest BCUT2D eigenvalue weighted by molar-refractivity contribution is -0.138. The number of hydrogen-bond donors (Lipinski definition) is 0. The van der Waals surface area contributed by atoms with Crippen LogP contribution < -0.4 is 0 Å². The van der Waals surface area contributed by atoms with Gasteiger partial charge in [0.25, 0.3) is 0 Å². The van der Waals surface area contributed by atoms with Gasteiger partial charge in [0.2, 0.25) is 5.91 Å². The first kappa shape index (κ1) is 26.3. The number of carbonyl (C=O) groups excluding carboxylic acids is 3. The topological polar surface area (TPSA) is 116 Å². The Morgan fingerprint density at radius 3 is 2.56 bits per heavy atom. The van der Waals surface area contributed by atoms with Gasteiger partial charge in [0, 0.05) is 49.4 Å². The van der Waals surface area contributed by atoms with Gasteiger partial charge in [0.15, 0.2) is 11.6 Å². The average Bonchev–Trinajstić information content (AvgIpc) is 3.62. The fourth-order valence-corrected chi connectivity index (χ4v) is 5.01. The molecular formula is C28H30FN7O3. The third kappa shape index (κ3) is 5.47. The van der Waals surface area contributed by atoms with Crippen LogP contribution in [0.5, 0.6) is 0 Å². The minimum absolute atomic E-state index is 0.0303. The fraction of sp³-hybridized carbons (Fsp3) is 0.393. The van der Waals surface area contributed by atoms with Crippen LogP contribution in [0.3, 0.4) is 0 Å². The molecule has 3 aromatic heterocycles. The fourth-order valence-electron chi connectivity index (χ4n) is 5.01. The van der Waals surface area contributed by atoms with E-state index in [4.69, 9.17) is 0 Å². The van der Waals surface area contributed by atoms with Gasteiger partial charge in [-0.15, -0.1) is 0 Å². The van der Waals surface area contributed by atoms with E-state index in [2.05, 4.69) is 20.2 Å². The minimum atomic E-state index is -1.29. The first-order chi connectivity index (χ1) is 18.7. The molecule has 0 unspecified atom stereocenters. The Bertz CT molecular complexity index is 1540.